The molecule has 0 aliphatic carbocycles. The fourth-order valence-corrected chi connectivity index (χ4v) is 1.94. The third-order valence-corrected chi connectivity index (χ3v) is 3.46. The van der Waals surface area contributed by atoms with Crippen LogP contribution < -0.4 is 0 Å². The Morgan fingerprint density at radius 2 is 1.83 bits per heavy atom. The molecule has 0 radical (unpaired) electrons. The van der Waals surface area contributed by atoms with Crippen LogP contribution >= 0.6 is 22.6 Å². The Morgan fingerprint density at radius 1 is 1.28 bits per heavy atom. The van der Waals surface area contributed by atoms with Crippen molar-refractivity contribution in [1.82, 2.24) is 4.90 Å². The maximum absolute atomic E-state index is 11.7. The largest absolute Gasteiger partial charge is 0.462 e. The summed E-state index contributed by atoms with van der Waals surface area (Å²) in [6.07, 6.45) is 1.69. The van der Waals surface area contributed by atoms with Crippen LogP contribution in [0.15, 0.2) is 0 Å². The second kappa shape index (κ2) is 7.93. The number of piperidine rings is 1. The van der Waals surface area contributed by atoms with Crippen molar-refractivity contribution in [2.45, 2.75) is 23.7 Å². The van der Waals surface area contributed by atoms with E-state index in [9.17, 15) is 9.59 Å². The Kier molecular flexibility index (Phi) is 6.91. The molecule has 0 N–H and O–H groups in total. The number of alkyl halides is 1. The Balaban J connectivity index is 2.12. The number of hydrogen-bond acceptors (Lipinski definition) is 5. The molecule has 0 aromatic heterocycles. The monoisotopic (exact) mass is 369 g/mol. The normalized spacial score (nSPS) is 19.3. The predicted octanol–water partition coefficient (Wildman–Crippen LogP) is 1.24. The minimum atomic E-state index is -0.272. The van der Waals surface area contributed by atoms with Crippen LogP contribution in [0.3, 0.4) is 0 Å². The van der Waals surface area contributed by atoms with Crippen molar-refractivity contribution in [2.75, 3.05) is 33.4 Å². The van der Waals surface area contributed by atoms with E-state index < -0.39 is 0 Å². The van der Waals surface area contributed by atoms with Crippen LogP contribution in [0.5, 0.6) is 0 Å². The van der Waals surface area contributed by atoms with Crippen LogP contribution in [-0.2, 0) is 19.1 Å². The number of esters is 2. The molecule has 0 aromatic rings. The number of carbonyl (C=O) groups excluding carboxylic acids is 2. The highest BCUT2D eigenvalue weighted by Crippen LogP contribution is 2.17. The standard InChI is InChI=1S/C12H20INO4/c1-9(13)11(15)17-7-8-18-12(16)10-3-5-14(2)6-4-10/h9-10H,3-8H2,1-2H3. The minimum Gasteiger partial charge on any atom is -0.462 e. The van der Waals surface area contributed by atoms with Gasteiger partial charge in [-0.1, -0.05) is 22.6 Å². The molecule has 5 nitrogen and oxygen atoms in total. The Morgan fingerprint density at radius 3 is 2.39 bits per heavy atom. The van der Waals surface area contributed by atoms with E-state index in [0.717, 1.165) is 25.9 Å². The SMILES string of the molecule is CC(I)C(=O)OCCOC(=O)C1CCN(C)CC1. The fraction of sp³-hybridized carbons (Fsp3) is 0.833. The third kappa shape index (κ3) is 5.51. The van der Waals surface area contributed by atoms with Crippen molar-refractivity contribution in [2.24, 2.45) is 5.92 Å². The first-order valence-electron chi connectivity index (χ1n) is 6.16. The zero-order valence-corrected chi connectivity index (χ0v) is 13.0. The molecule has 1 aliphatic heterocycles. The molecule has 0 amide bonds. The van der Waals surface area contributed by atoms with Gasteiger partial charge in [-0.3, -0.25) is 9.59 Å². The van der Waals surface area contributed by atoms with Crippen molar-refractivity contribution in [3.63, 3.8) is 0 Å². The molecule has 0 bridgehead atoms. The number of rotatable bonds is 5. The minimum absolute atomic E-state index is 0.000371. The average Bonchev–Trinajstić information content (AvgIpc) is 2.34. The lowest BCUT2D eigenvalue weighted by molar-refractivity contribution is -0.155. The zero-order chi connectivity index (χ0) is 13.5. The molecule has 0 aromatic carbocycles. The van der Waals surface area contributed by atoms with E-state index in [-0.39, 0.29) is 35.0 Å². The van der Waals surface area contributed by atoms with E-state index >= 15 is 0 Å². The van der Waals surface area contributed by atoms with Gasteiger partial charge in [-0.2, -0.15) is 0 Å². The summed E-state index contributed by atoms with van der Waals surface area (Å²) in [5.74, 6) is -0.437. The summed E-state index contributed by atoms with van der Waals surface area (Å²) in [6.45, 7) is 3.92. The summed E-state index contributed by atoms with van der Waals surface area (Å²) >= 11 is 1.98. The molecule has 0 saturated carbocycles. The highest BCUT2D eigenvalue weighted by atomic mass is 127. The van der Waals surface area contributed by atoms with Gasteiger partial charge in [-0.05, 0) is 39.9 Å². The van der Waals surface area contributed by atoms with Gasteiger partial charge in [0, 0.05) is 0 Å². The molecule has 18 heavy (non-hydrogen) atoms. The van der Waals surface area contributed by atoms with Gasteiger partial charge in [0.25, 0.3) is 0 Å². The van der Waals surface area contributed by atoms with E-state index in [1.165, 1.54) is 0 Å². The molecule has 6 heteroatoms. The van der Waals surface area contributed by atoms with Crippen LogP contribution in [-0.4, -0.2) is 54.1 Å². The van der Waals surface area contributed by atoms with Gasteiger partial charge >= 0.3 is 11.9 Å². The lowest BCUT2D eigenvalue weighted by Crippen LogP contribution is -2.34. The highest BCUT2D eigenvalue weighted by Gasteiger charge is 2.24. The summed E-state index contributed by atoms with van der Waals surface area (Å²) < 4.78 is 9.86. The molecule has 1 aliphatic rings. The Bertz CT molecular complexity index is 288. The van der Waals surface area contributed by atoms with Gasteiger partial charge < -0.3 is 14.4 Å². The second-order valence-electron chi connectivity index (χ2n) is 4.53. The summed E-state index contributed by atoms with van der Waals surface area (Å²) in [5.41, 5.74) is 0. The number of nitrogens with zero attached hydrogens (tertiary/aromatic N) is 1. The molecule has 1 rings (SSSR count). The summed E-state index contributed by atoms with van der Waals surface area (Å²) in [5, 5.41) is 0. The fourth-order valence-electron chi connectivity index (χ4n) is 1.76. The van der Waals surface area contributed by atoms with Gasteiger partial charge in [0.15, 0.2) is 0 Å². The predicted molar refractivity (Wildman–Crippen MR) is 75.6 cm³/mol. The van der Waals surface area contributed by atoms with E-state index in [2.05, 4.69) is 4.90 Å². The van der Waals surface area contributed by atoms with Crippen LogP contribution in [0.4, 0.5) is 0 Å². The van der Waals surface area contributed by atoms with Gasteiger partial charge in [-0.15, -0.1) is 0 Å². The third-order valence-electron chi connectivity index (χ3n) is 2.95. The molecule has 1 heterocycles. The smallest absolute Gasteiger partial charge is 0.318 e. The first kappa shape index (κ1) is 15.7. The zero-order valence-electron chi connectivity index (χ0n) is 10.9. The summed E-state index contributed by atoms with van der Waals surface area (Å²) in [4.78, 5) is 25.1. The van der Waals surface area contributed by atoms with Crippen LogP contribution in [0.1, 0.15) is 19.8 Å². The summed E-state index contributed by atoms with van der Waals surface area (Å²) in [7, 11) is 2.05. The van der Waals surface area contributed by atoms with E-state index in [4.69, 9.17) is 9.47 Å². The Labute approximate surface area is 121 Å². The van der Waals surface area contributed by atoms with Crippen LogP contribution in [0, 0.1) is 5.92 Å². The number of halogens is 1. The van der Waals surface area contributed by atoms with Gasteiger partial charge in [0.05, 0.1) is 5.92 Å². The van der Waals surface area contributed by atoms with Gasteiger partial charge in [0.2, 0.25) is 0 Å². The molecule has 104 valence electrons. The van der Waals surface area contributed by atoms with Crippen molar-refractivity contribution in [3.8, 4) is 0 Å². The highest BCUT2D eigenvalue weighted by molar-refractivity contribution is 14.1. The van der Waals surface area contributed by atoms with Gasteiger partial charge in [-0.25, -0.2) is 0 Å². The Hall–Kier alpha value is -0.370. The number of carbonyl (C=O) groups is 2. The van der Waals surface area contributed by atoms with Crippen molar-refractivity contribution in [1.29, 1.82) is 0 Å². The van der Waals surface area contributed by atoms with E-state index in [1.54, 1.807) is 6.92 Å². The van der Waals surface area contributed by atoms with E-state index in [0.29, 0.717) is 0 Å². The molecule has 1 unspecified atom stereocenters. The molecular formula is C12H20INO4. The summed E-state index contributed by atoms with van der Waals surface area (Å²) in [6, 6.07) is 0. The lowest BCUT2D eigenvalue weighted by Gasteiger charge is -2.27. The molecular weight excluding hydrogens is 349 g/mol. The van der Waals surface area contributed by atoms with Crippen molar-refractivity contribution < 1.29 is 19.1 Å². The topological polar surface area (TPSA) is 55.8 Å². The van der Waals surface area contributed by atoms with Crippen LogP contribution in [0.2, 0.25) is 0 Å². The van der Waals surface area contributed by atoms with E-state index in [1.807, 2.05) is 29.6 Å². The molecule has 1 atom stereocenters. The second-order valence-corrected chi connectivity index (χ2v) is 6.40. The quantitative estimate of drug-likeness (QED) is 0.316. The first-order valence-corrected chi connectivity index (χ1v) is 7.41. The number of ether oxygens (including phenoxy) is 2. The lowest BCUT2D eigenvalue weighted by atomic mass is 9.97. The van der Waals surface area contributed by atoms with Gasteiger partial charge in [0.1, 0.15) is 17.1 Å². The van der Waals surface area contributed by atoms with Crippen LogP contribution in [0.25, 0.3) is 0 Å². The molecule has 1 saturated heterocycles. The maximum Gasteiger partial charge on any atom is 0.318 e. The average molecular weight is 369 g/mol. The number of likely N-dealkylation sites (tertiary alicyclic amines) is 1. The van der Waals surface area contributed by atoms with Crippen molar-refractivity contribution in [3.05, 3.63) is 0 Å². The first-order chi connectivity index (χ1) is 8.50. The molecule has 1 fully saturated rings. The molecule has 0 spiro atoms. The number of hydrogen-bond donors (Lipinski definition) is 0. The van der Waals surface area contributed by atoms with Crippen molar-refractivity contribution >= 4 is 34.5 Å². The maximum atomic E-state index is 11.7.